The van der Waals surface area contributed by atoms with E-state index >= 15 is 0 Å². The Kier molecular flexibility index (Phi) is 6.50. The molecule has 1 N–H and O–H groups in total. The number of hydrogen-bond acceptors (Lipinski definition) is 4. The van der Waals surface area contributed by atoms with Crippen molar-refractivity contribution < 1.29 is 14.3 Å². The topological polar surface area (TPSA) is 68.3 Å². The summed E-state index contributed by atoms with van der Waals surface area (Å²) >= 11 is 17.6. The van der Waals surface area contributed by atoms with Gasteiger partial charge >= 0.3 is 5.97 Å². The van der Waals surface area contributed by atoms with E-state index in [-0.39, 0.29) is 32.7 Å². The SMILES string of the molecule is CC(OC(=O)c1ncc(Cl)c(Cl)c1Cl)C(=O)NC1CCCCC1. The molecule has 1 heterocycles. The molecule has 1 amide bonds. The second-order valence-electron chi connectivity index (χ2n) is 5.47. The molecule has 0 aliphatic heterocycles. The molecule has 126 valence electrons. The first-order valence-electron chi connectivity index (χ1n) is 7.41. The number of nitrogens with one attached hydrogen (secondary N) is 1. The van der Waals surface area contributed by atoms with Gasteiger partial charge in [-0.25, -0.2) is 9.78 Å². The molecule has 0 radical (unpaired) electrons. The molecule has 2 rings (SSSR count). The largest absolute Gasteiger partial charge is 0.448 e. The lowest BCUT2D eigenvalue weighted by Gasteiger charge is -2.24. The van der Waals surface area contributed by atoms with Gasteiger partial charge in [0.2, 0.25) is 0 Å². The third-order valence-electron chi connectivity index (χ3n) is 3.72. The normalized spacial score (nSPS) is 16.7. The molecule has 1 saturated carbocycles. The van der Waals surface area contributed by atoms with Gasteiger partial charge in [0.25, 0.3) is 5.91 Å². The van der Waals surface area contributed by atoms with E-state index in [2.05, 4.69) is 10.3 Å². The maximum Gasteiger partial charge on any atom is 0.359 e. The van der Waals surface area contributed by atoms with Gasteiger partial charge in [-0.2, -0.15) is 0 Å². The van der Waals surface area contributed by atoms with Gasteiger partial charge in [0.15, 0.2) is 11.8 Å². The Balaban J connectivity index is 1.96. The highest BCUT2D eigenvalue weighted by atomic mass is 35.5. The van der Waals surface area contributed by atoms with Crippen LogP contribution in [0.1, 0.15) is 49.5 Å². The number of hydrogen-bond donors (Lipinski definition) is 1. The van der Waals surface area contributed by atoms with Crippen molar-refractivity contribution >= 4 is 46.7 Å². The van der Waals surface area contributed by atoms with E-state index in [1.165, 1.54) is 19.5 Å². The summed E-state index contributed by atoms with van der Waals surface area (Å²) in [6.45, 7) is 1.50. The van der Waals surface area contributed by atoms with Crippen LogP contribution in [0.15, 0.2) is 6.20 Å². The third-order valence-corrected chi connectivity index (χ3v) is 4.96. The third kappa shape index (κ3) is 4.72. The molecule has 1 aliphatic rings. The molecule has 0 bridgehead atoms. The zero-order valence-corrected chi connectivity index (χ0v) is 14.8. The molecule has 8 heteroatoms. The smallest absolute Gasteiger partial charge is 0.359 e. The van der Waals surface area contributed by atoms with Gasteiger partial charge in [-0.05, 0) is 19.8 Å². The Morgan fingerprint density at radius 1 is 1.22 bits per heavy atom. The van der Waals surface area contributed by atoms with Crippen LogP contribution in [-0.4, -0.2) is 29.0 Å². The lowest BCUT2D eigenvalue weighted by atomic mass is 9.95. The zero-order chi connectivity index (χ0) is 17.0. The first-order valence-corrected chi connectivity index (χ1v) is 8.54. The van der Waals surface area contributed by atoms with E-state index < -0.39 is 12.1 Å². The molecule has 0 saturated heterocycles. The fourth-order valence-electron chi connectivity index (χ4n) is 2.42. The number of ether oxygens (including phenoxy) is 1. The molecule has 1 aromatic rings. The molecule has 0 aromatic carbocycles. The summed E-state index contributed by atoms with van der Waals surface area (Å²) in [6.07, 6.45) is 5.55. The van der Waals surface area contributed by atoms with Crippen molar-refractivity contribution in [2.24, 2.45) is 0 Å². The number of amides is 1. The summed E-state index contributed by atoms with van der Waals surface area (Å²) in [5, 5.41) is 2.96. The second kappa shape index (κ2) is 8.18. The Morgan fingerprint density at radius 3 is 2.52 bits per heavy atom. The lowest BCUT2D eigenvalue weighted by molar-refractivity contribution is -0.130. The molecule has 23 heavy (non-hydrogen) atoms. The van der Waals surface area contributed by atoms with Crippen molar-refractivity contribution in [1.29, 1.82) is 0 Å². The minimum Gasteiger partial charge on any atom is -0.448 e. The lowest BCUT2D eigenvalue weighted by Crippen LogP contribution is -2.42. The van der Waals surface area contributed by atoms with Gasteiger partial charge in [0.1, 0.15) is 0 Å². The molecular formula is C15H17Cl3N2O3. The molecule has 1 atom stereocenters. The summed E-state index contributed by atoms with van der Waals surface area (Å²) < 4.78 is 5.12. The Bertz CT molecular complexity index is 604. The van der Waals surface area contributed by atoms with Gasteiger partial charge in [0.05, 0.1) is 15.1 Å². The number of carbonyl (C=O) groups excluding carboxylic acids is 2. The minimum absolute atomic E-state index is 0.0228. The van der Waals surface area contributed by atoms with Crippen molar-refractivity contribution in [3.8, 4) is 0 Å². The van der Waals surface area contributed by atoms with E-state index in [4.69, 9.17) is 39.5 Å². The highest BCUT2D eigenvalue weighted by molar-refractivity contribution is 6.48. The first kappa shape index (κ1) is 18.3. The van der Waals surface area contributed by atoms with Gasteiger partial charge in [-0.1, -0.05) is 54.1 Å². The van der Waals surface area contributed by atoms with E-state index in [0.717, 1.165) is 25.7 Å². The van der Waals surface area contributed by atoms with Crippen LogP contribution in [0.25, 0.3) is 0 Å². The van der Waals surface area contributed by atoms with Crippen molar-refractivity contribution in [2.75, 3.05) is 0 Å². The second-order valence-corrected chi connectivity index (χ2v) is 6.64. The highest BCUT2D eigenvalue weighted by Gasteiger charge is 2.25. The maximum atomic E-state index is 12.1. The first-order chi connectivity index (χ1) is 10.9. The highest BCUT2D eigenvalue weighted by Crippen LogP contribution is 2.31. The molecule has 0 spiro atoms. The van der Waals surface area contributed by atoms with Gasteiger partial charge in [-0.3, -0.25) is 4.79 Å². The molecular weight excluding hydrogens is 363 g/mol. The van der Waals surface area contributed by atoms with E-state index in [9.17, 15) is 9.59 Å². The summed E-state index contributed by atoms with van der Waals surface area (Å²) in [5.41, 5.74) is -0.168. The molecule has 1 unspecified atom stereocenters. The number of aromatic nitrogens is 1. The van der Waals surface area contributed by atoms with E-state index in [1.807, 2.05) is 0 Å². The number of pyridine rings is 1. The average molecular weight is 380 g/mol. The van der Waals surface area contributed by atoms with Crippen LogP contribution in [-0.2, 0) is 9.53 Å². The van der Waals surface area contributed by atoms with E-state index in [0.29, 0.717) is 0 Å². The molecule has 1 aromatic heterocycles. The van der Waals surface area contributed by atoms with Crippen molar-refractivity contribution in [3.63, 3.8) is 0 Å². The fraction of sp³-hybridized carbons (Fsp3) is 0.533. The average Bonchev–Trinajstić information content (AvgIpc) is 2.53. The fourth-order valence-corrected chi connectivity index (χ4v) is 2.98. The van der Waals surface area contributed by atoms with Gasteiger partial charge in [0, 0.05) is 12.2 Å². The number of rotatable bonds is 4. The van der Waals surface area contributed by atoms with Gasteiger partial charge in [-0.15, -0.1) is 0 Å². The monoisotopic (exact) mass is 378 g/mol. The van der Waals surface area contributed by atoms with Crippen LogP contribution >= 0.6 is 34.8 Å². The van der Waals surface area contributed by atoms with Crippen molar-refractivity contribution in [1.82, 2.24) is 10.3 Å². The van der Waals surface area contributed by atoms with Crippen LogP contribution in [0.2, 0.25) is 15.1 Å². The van der Waals surface area contributed by atoms with Crippen LogP contribution in [0.5, 0.6) is 0 Å². The van der Waals surface area contributed by atoms with Crippen molar-refractivity contribution in [2.45, 2.75) is 51.2 Å². The Labute approximate surface area is 149 Å². The number of esters is 1. The standard InChI is InChI=1S/C15H17Cl3N2O3/c1-8(14(21)20-9-5-3-2-4-6-9)23-15(22)13-12(18)11(17)10(16)7-19-13/h7-9H,2-6H2,1H3,(H,20,21). The van der Waals surface area contributed by atoms with Crippen LogP contribution < -0.4 is 5.32 Å². The van der Waals surface area contributed by atoms with Crippen LogP contribution in [0.4, 0.5) is 0 Å². The number of nitrogens with zero attached hydrogens (tertiary/aromatic N) is 1. The zero-order valence-electron chi connectivity index (χ0n) is 12.6. The summed E-state index contributed by atoms with van der Waals surface area (Å²) in [5.74, 6) is -1.15. The van der Waals surface area contributed by atoms with Gasteiger partial charge < -0.3 is 10.1 Å². The Morgan fingerprint density at radius 2 is 1.87 bits per heavy atom. The quantitative estimate of drug-likeness (QED) is 0.802. The summed E-state index contributed by atoms with van der Waals surface area (Å²) in [7, 11) is 0. The number of carbonyl (C=O) groups is 2. The van der Waals surface area contributed by atoms with Crippen LogP contribution in [0.3, 0.4) is 0 Å². The Hall–Kier alpha value is -1.04. The number of halogens is 3. The molecule has 5 nitrogen and oxygen atoms in total. The molecule has 1 fully saturated rings. The predicted molar refractivity (Wildman–Crippen MR) is 89.2 cm³/mol. The predicted octanol–water partition coefficient (Wildman–Crippen LogP) is 4.04. The summed E-state index contributed by atoms with van der Waals surface area (Å²) in [4.78, 5) is 28.0. The maximum absolute atomic E-state index is 12.1. The van der Waals surface area contributed by atoms with Crippen LogP contribution in [0, 0.1) is 0 Å². The minimum atomic E-state index is -0.947. The molecule has 1 aliphatic carbocycles. The summed E-state index contributed by atoms with van der Waals surface area (Å²) in [6, 6.07) is 0.143. The van der Waals surface area contributed by atoms with Crippen molar-refractivity contribution in [3.05, 3.63) is 27.0 Å². The van der Waals surface area contributed by atoms with E-state index in [1.54, 1.807) is 0 Å².